The number of ether oxygens (including phenoxy) is 4. The average molecular weight is 1520 g/mol. The first kappa shape index (κ1) is 102. The van der Waals surface area contributed by atoms with E-state index in [-0.39, 0.29) is 25.7 Å². The van der Waals surface area contributed by atoms with Crippen molar-refractivity contribution in [1.29, 1.82) is 0 Å². The molecule has 3 N–H and O–H groups in total. The van der Waals surface area contributed by atoms with Gasteiger partial charge in [0, 0.05) is 25.7 Å². The lowest BCUT2D eigenvalue weighted by molar-refractivity contribution is -0.161. The summed E-state index contributed by atoms with van der Waals surface area (Å²) in [5.74, 6) is -0.431. The molecule has 0 fully saturated rings. The number of carbonyl (C=O) groups excluding carboxylic acids is 4. The van der Waals surface area contributed by atoms with E-state index in [1.807, 2.05) is 0 Å². The molecule has 0 saturated carbocycles. The molecule has 0 aliphatic carbocycles. The molecule has 0 saturated heterocycles. The highest BCUT2D eigenvalue weighted by Crippen LogP contribution is 2.45. The van der Waals surface area contributed by atoms with E-state index in [0.717, 1.165) is 102 Å². The molecule has 0 amide bonds. The van der Waals surface area contributed by atoms with Crippen molar-refractivity contribution < 1.29 is 80.2 Å². The van der Waals surface area contributed by atoms with Crippen LogP contribution in [-0.4, -0.2) is 96.7 Å². The van der Waals surface area contributed by atoms with Crippen LogP contribution in [0, 0.1) is 11.8 Å². The summed E-state index contributed by atoms with van der Waals surface area (Å²) in [6.07, 6.45) is 67.9. The zero-order valence-electron chi connectivity index (χ0n) is 68.3. The van der Waals surface area contributed by atoms with E-state index in [0.29, 0.717) is 25.7 Å². The van der Waals surface area contributed by atoms with E-state index in [1.54, 1.807) is 0 Å². The Bertz CT molecular complexity index is 2000. The SMILES string of the molecule is CCCCCCCCCCCCCCCCC(=O)O[C@H](COC(=O)CCCCCCCCCCCCC)COP(=O)(O)OC[C@H](O)COP(=O)(O)OC[C@@H](COC(=O)CCCCCCCCCCCCCCCCC(C)C)OC(=O)CCCCCCCCCCCCCCCCCCCCC(C)CC. The molecule has 6 atom stereocenters. The molecule has 104 heavy (non-hydrogen) atoms. The highest BCUT2D eigenvalue weighted by atomic mass is 31.2. The molecule has 0 bridgehead atoms. The highest BCUT2D eigenvalue weighted by Gasteiger charge is 2.30. The van der Waals surface area contributed by atoms with Crippen LogP contribution in [0.15, 0.2) is 0 Å². The summed E-state index contributed by atoms with van der Waals surface area (Å²) in [5.41, 5.74) is 0. The minimum Gasteiger partial charge on any atom is -0.462 e. The van der Waals surface area contributed by atoms with Crippen molar-refractivity contribution in [3.8, 4) is 0 Å². The Labute approximate surface area is 638 Å². The van der Waals surface area contributed by atoms with Crippen molar-refractivity contribution in [2.45, 2.75) is 471 Å². The molecule has 0 aromatic rings. The highest BCUT2D eigenvalue weighted by molar-refractivity contribution is 7.47. The van der Waals surface area contributed by atoms with E-state index >= 15 is 0 Å². The maximum absolute atomic E-state index is 13.1. The van der Waals surface area contributed by atoms with Gasteiger partial charge in [0.05, 0.1) is 26.4 Å². The van der Waals surface area contributed by atoms with E-state index in [4.69, 9.17) is 37.0 Å². The smallest absolute Gasteiger partial charge is 0.462 e. The summed E-state index contributed by atoms with van der Waals surface area (Å²) in [5, 5.41) is 10.7. The van der Waals surface area contributed by atoms with E-state index in [2.05, 4.69) is 41.5 Å². The molecule has 0 heterocycles. The van der Waals surface area contributed by atoms with E-state index in [9.17, 15) is 43.2 Å². The van der Waals surface area contributed by atoms with Gasteiger partial charge in [-0.05, 0) is 37.5 Å². The van der Waals surface area contributed by atoms with Crippen molar-refractivity contribution in [2.24, 2.45) is 11.8 Å². The minimum atomic E-state index is -4.97. The lowest BCUT2D eigenvalue weighted by Gasteiger charge is -2.21. The number of aliphatic hydroxyl groups is 1. The number of aliphatic hydroxyl groups excluding tert-OH is 1. The Morgan fingerprint density at radius 3 is 0.731 bits per heavy atom. The molecule has 0 aromatic heterocycles. The molecular weight excluding hydrogens is 1350 g/mol. The fourth-order valence-corrected chi connectivity index (χ4v) is 14.8. The summed E-state index contributed by atoms with van der Waals surface area (Å²) in [4.78, 5) is 73.2. The van der Waals surface area contributed by atoms with Crippen LogP contribution in [0.2, 0.25) is 0 Å². The van der Waals surface area contributed by atoms with Gasteiger partial charge in [0.1, 0.15) is 19.3 Å². The molecule has 0 rings (SSSR count). The van der Waals surface area contributed by atoms with Crippen LogP contribution in [0.1, 0.15) is 452 Å². The molecule has 0 aromatic carbocycles. The lowest BCUT2D eigenvalue weighted by atomic mass is 9.99. The van der Waals surface area contributed by atoms with Crippen molar-refractivity contribution in [3.05, 3.63) is 0 Å². The Balaban J connectivity index is 5.23. The van der Waals surface area contributed by atoms with Gasteiger partial charge in [0.2, 0.25) is 0 Å². The molecule has 0 aliphatic heterocycles. The van der Waals surface area contributed by atoms with Crippen molar-refractivity contribution in [2.75, 3.05) is 39.6 Å². The molecule has 17 nitrogen and oxygen atoms in total. The third-order valence-corrected chi connectivity index (χ3v) is 22.2. The molecule has 19 heteroatoms. The van der Waals surface area contributed by atoms with Gasteiger partial charge < -0.3 is 33.8 Å². The van der Waals surface area contributed by atoms with Crippen molar-refractivity contribution in [1.82, 2.24) is 0 Å². The Hall–Kier alpha value is -1.94. The zero-order valence-corrected chi connectivity index (χ0v) is 70.1. The van der Waals surface area contributed by atoms with Gasteiger partial charge in [-0.2, -0.15) is 0 Å². The molecule has 3 unspecified atom stereocenters. The van der Waals surface area contributed by atoms with E-state index < -0.39 is 97.5 Å². The number of phosphoric acid groups is 2. The largest absolute Gasteiger partial charge is 0.472 e. The monoisotopic (exact) mass is 1520 g/mol. The Morgan fingerprint density at radius 2 is 0.490 bits per heavy atom. The van der Waals surface area contributed by atoms with Crippen molar-refractivity contribution in [3.63, 3.8) is 0 Å². The fourth-order valence-electron chi connectivity index (χ4n) is 13.2. The summed E-state index contributed by atoms with van der Waals surface area (Å²) < 4.78 is 68.9. The molecule has 0 aliphatic rings. The van der Waals surface area contributed by atoms with Gasteiger partial charge in [-0.15, -0.1) is 0 Å². The van der Waals surface area contributed by atoms with Gasteiger partial charge in [-0.3, -0.25) is 37.3 Å². The first-order valence-corrected chi connectivity index (χ1v) is 47.0. The third-order valence-electron chi connectivity index (χ3n) is 20.3. The van der Waals surface area contributed by atoms with Gasteiger partial charge in [0.15, 0.2) is 12.2 Å². The topological polar surface area (TPSA) is 237 Å². The quantitative estimate of drug-likeness (QED) is 0.0222. The third kappa shape index (κ3) is 76.8. The number of carbonyl (C=O) groups is 4. The Morgan fingerprint density at radius 1 is 0.279 bits per heavy atom. The average Bonchev–Trinajstić information content (AvgIpc) is 0.907. The molecule has 0 spiro atoms. The molecular formula is C85H166O17P2. The normalized spacial score (nSPS) is 14.1. The second kappa shape index (κ2) is 76.4. The maximum Gasteiger partial charge on any atom is 0.472 e. The fraction of sp³-hybridized carbons (Fsp3) is 0.953. The summed E-state index contributed by atoms with van der Waals surface area (Å²) in [7, 11) is -9.92. The lowest BCUT2D eigenvalue weighted by Crippen LogP contribution is -2.30. The standard InChI is InChI=1S/C85H166O17P2/c1-7-10-12-14-16-18-20-21-32-39-45-51-57-63-69-84(89)101-80(73-95-82(87)67-61-55-49-43-35-19-17-15-13-11-8-2)75-99-103(91,92)97-71-79(86)72-98-104(93,94)100-76-81(74-96-83(88)68-62-56-50-44-38-33-29-28-30-36-41-47-53-59-65-77(4)5)102-85(90)70-64-58-52-46-40-34-27-25-23-22-24-26-31-37-42-48-54-60-66-78(6)9-3/h77-81,86H,7-76H2,1-6H3,(H,91,92)(H,93,94)/t78?,79-,80+,81+/m0/s1. The number of hydrogen-bond acceptors (Lipinski definition) is 15. The van der Waals surface area contributed by atoms with E-state index in [1.165, 1.54) is 270 Å². The maximum atomic E-state index is 13.1. The minimum absolute atomic E-state index is 0.108. The van der Waals surface area contributed by atoms with Crippen LogP contribution in [0.4, 0.5) is 0 Å². The summed E-state index contributed by atoms with van der Waals surface area (Å²) in [6, 6.07) is 0. The van der Waals surface area contributed by atoms with Gasteiger partial charge in [-0.1, -0.05) is 401 Å². The van der Waals surface area contributed by atoms with Crippen LogP contribution in [0.5, 0.6) is 0 Å². The van der Waals surface area contributed by atoms with Crippen LogP contribution in [0.25, 0.3) is 0 Å². The van der Waals surface area contributed by atoms with Crippen LogP contribution < -0.4 is 0 Å². The van der Waals surface area contributed by atoms with Crippen LogP contribution >= 0.6 is 15.6 Å². The molecule has 618 valence electrons. The second-order valence-electron chi connectivity index (χ2n) is 31.3. The van der Waals surface area contributed by atoms with Crippen LogP contribution in [-0.2, 0) is 65.4 Å². The number of hydrogen-bond donors (Lipinski definition) is 3. The van der Waals surface area contributed by atoms with Gasteiger partial charge in [-0.25, -0.2) is 9.13 Å². The number of esters is 4. The predicted octanol–water partition coefficient (Wildman–Crippen LogP) is 25.8. The molecule has 0 radical (unpaired) electrons. The summed E-state index contributed by atoms with van der Waals surface area (Å²) >= 11 is 0. The van der Waals surface area contributed by atoms with Gasteiger partial charge >= 0.3 is 39.5 Å². The Kier molecular flexibility index (Phi) is 75.0. The number of unbranched alkanes of at least 4 members (excludes halogenated alkanes) is 53. The first-order chi connectivity index (χ1) is 50.4. The number of phosphoric ester groups is 2. The first-order valence-electron chi connectivity index (χ1n) is 44.0. The predicted molar refractivity (Wildman–Crippen MR) is 428 cm³/mol. The second-order valence-corrected chi connectivity index (χ2v) is 34.2. The number of rotatable bonds is 84. The van der Waals surface area contributed by atoms with Crippen molar-refractivity contribution >= 4 is 39.5 Å². The summed E-state index contributed by atoms with van der Waals surface area (Å²) in [6.45, 7) is 9.75. The zero-order chi connectivity index (χ0) is 76.4. The van der Waals surface area contributed by atoms with Gasteiger partial charge in [0.25, 0.3) is 0 Å². The van der Waals surface area contributed by atoms with Crippen LogP contribution in [0.3, 0.4) is 0 Å².